The van der Waals surface area contributed by atoms with E-state index in [-0.39, 0.29) is 11.7 Å². The van der Waals surface area contributed by atoms with Crippen molar-refractivity contribution in [1.82, 2.24) is 15.4 Å². The number of benzene rings is 4. The minimum absolute atomic E-state index is 0.204. The number of thioether (sulfide) groups is 1. The number of para-hydroxylation sites is 2. The Hall–Kier alpha value is -4.10. The fourth-order valence-corrected chi connectivity index (χ4v) is 4.28. The van der Waals surface area contributed by atoms with Crippen LogP contribution in [-0.2, 0) is 11.4 Å². The van der Waals surface area contributed by atoms with E-state index in [2.05, 4.69) is 44.8 Å². The zero-order valence-electron chi connectivity index (χ0n) is 18.3. The fourth-order valence-electron chi connectivity index (χ4n) is 3.61. The molecule has 5 rings (SSSR count). The second-order valence-electron chi connectivity index (χ2n) is 7.64. The predicted molar refractivity (Wildman–Crippen MR) is 137 cm³/mol. The van der Waals surface area contributed by atoms with Crippen molar-refractivity contribution in [2.75, 3.05) is 5.75 Å². The third-order valence-electron chi connectivity index (χ3n) is 5.24. The number of nitrogens with one attached hydrogen (secondary N) is 2. The zero-order chi connectivity index (χ0) is 23.2. The highest BCUT2D eigenvalue weighted by molar-refractivity contribution is 7.99. The van der Waals surface area contributed by atoms with E-state index in [4.69, 9.17) is 4.74 Å². The largest absolute Gasteiger partial charge is 0.489 e. The summed E-state index contributed by atoms with van der Waals surface area (Å²) in [7, 11) is 0. The quantitative estimate of drug-likeness (QED) is 0.179. The Morgan fingerprint density at radius 2 is 1.82 bits per heavy atom. The summed E-state index contributed by atoms with van der Waals surface area (Å²) in [5.74, 6) is 0.749. The summed E-state index contributed by atoms with van der Waals surface area (Å²) in [5.41, 5.74) is 6.36. The van der Waals surface area contributed by atoms with Gasteiger partial charge in [0, 0.05) is 0 Å². The van der Waals surface area contributed by atoms with Gasteiger partial charge in [-0.1, -0.05) is 78.5 Å². The monoisotopic (exact) mass is 466 g/mol. The maximum absolute atomic E-state index is 12.1. The van der Waals surface area contributed by atoms with Gasteiger partial charge < -0.3 is 9.72 Å². The minimum atomic E-state index is -0.204. The first-order valence-electron chi connectivity index (χ1n) is 10.8. The molecule has 0 saturated carbocycles. The lowest BCUT2D eigenvalue weighted by Crippen LogP contribution is -2.19. The Morgan fingerprint density at radius 1 is 1.00 bits per heavy atom. The topological polar surface area (TPSA) is 79.4 Å². The van der Waals surface area contributed by atoms with Crippen LogP contribution in [-0.4, -0.2) is 27.8 Å². The Bertz CT molecular complexity index is 1440. The van der Waals surface area contributed by atoms with Crippen LogP contribution in [0.25, 0.3) is 21.8 Å². The molecule has 7 heteroatoms. The number of hydrogen-bond acceptors (Lipinski definition) is 5. The molecule has 0 atom stereocenters. The van der Waals surface area contributed by atoms with Crippen LogP contribution in [0.4, 0.5) is 0 Å². The molecule has 34 heavy (non-hydrogen) atoms. The number of imidazole rings is 1. The van der Waals surface area contributed by atoms with Crippen LogP contribution in [0.5, 0.6) is 5.75 Å². The van der Waals surface area contributed by atoms with E-state index in [1.54, 1.807) is 6.21 Å². The highest BCUT2D eigenvalue weighted by atomic mass is 32.2. The third-order valence-corrected chi connectivity index (χ3v) is 6.12. The van der Waals surface area contributed by atoms with Crippen molar-refractivity contribution in [3.63, 3.8) is 0 Å². The van der Waals surface area contributed by atoms with Gasteiger partial charge in [0.05, 0.1) is 23.0 Å². The molecule has 0 radical (unpaired) electrons. The second-order valence-corrected chi connectivity index (χ2v) is 8.60. The molecule has 0 unspecified atom stereocenters. The first-order valence-corrected chi connectivity index (χ1v) is 11.8. The molecule has 0 aliphatic heterocycles. The smallest absolute Gasteiger partial charge is 0.250 e. The summed E-state index contributed by atoms with van der Waals surface area (Å²) in [4.78, 5) is 19.8. The standard InChI is InChI=1S/C27H22N4O2S/c32-26(18-34-27-29-24-13-3-4-14-25(24)30-27)31-28-16-19-7-5-11-22(15-19)33-17-21-10-6-9-20-8-1-2-12-23(20)21/h1-16H,17-18H2,(H,29,30)(H,31,32)/b28-16-. The number of nitrogens with zero attached hydrogens (tertiary/aromatic N) is 2. The van der Waals surface area contributed by atoms with Gasteiger partial charge in [-0.3, -0.25) is 4.79 Å². The highest BCUT2D eigenvalue weighted by Crippen LogP contribution is 2.21. The number of carbonyl (C=O) groups is 1. The van der Waals surface area contributed by atoms with Crippen molar-refractivity contribution < 1.29 is 9.53 Å². The van der Waals surface area contributed by atoms with Crippen molar-refractivity contribution >= 4 is 45.7 Å². The van der Waals surface area contributed by atoms with Gasteiger partial charge in [0.25, 0.3) is 5.91 Å². The fraction of sp³-hybridized carbons (Fsp3) is 0.0741. The molecule has 4 aromatic carbocycles. The molecule has 0 aliphatic rings. The highest BCUT2D eigenvalue weighted by Gasteiger charge is 2.06. The van der Waals surface area contributed by atoms with Crippen molar-refractivity contribution in [3.8, 4) is 5.75 Å². The Morgan fingerprint density at radius 3 is 2.76 bits per heavy atom. The average molecular weight is 467 g/mol. The predicted octanol–water partition coefficient (Wildman–Crippen LogP) is 5.54. The Labute approximate surface area is 201 Å². The van der Waals surface area contributed by atoms with E-state index in [1.165, 1.54) is 22.5 Å². The van der Waals surface area contributed by atoms with E-state index in [1.807, 2.05) is 66.7 Å². The lowest BCUT2D eigenvalue weighted by molar-refractivity contribution is -0.118. The van der Waals surface area contributed by atoms with Gasteiger partial charge in [-0.2, -0.15) is 5.10 Å². The summed E-state index contributed by atoms with van der Waals surface area (Å²) >= 11 is 1.34. The van der Waals surface area contributed by atoms with Gasteiger partial charge in [0.15, 0.2) is 5.16 Å². The molecule has 168 valence electrons. The molecule has 0 bridgehead atoms. The Kier molecular flexibility index (Phi) is 6.54. The molecule has 0 spiro atoms. The number of aromatic amines is 1. The minimum Gasteiger partial charge on any atom is -0.489 e. The number of hydrogen-bond donors (Lipinski definition) is 2. The molecule has 6 nitrogen and oxygen atoms in total. The summed E-state index contributed by atoms with van der Waals surface area (Å²) in [6.07, 6.45) is 1.61. The molecule has 0 saturated heterocycles. The Balaban J connectivity index is 1.14. The SMILES string of the molecule is O=C(CSc1nc2ccccc2[nH]1)N/N=C\c1cccc(OCc2cccc3ccccc23)c1. The second kappa shape index (κ2) is 10.2. The first-order chi connectivity index (χ1) is 16.7. The van der Waals surface area contributed by atoms with Gasteiger partial charge in [0.2, 0.25) is 0 Å². The van der Waals surface area contributed by atoms with Crippen LogP contribution >= 0.6 is 11.8 Å². The van der Waals surface area contributed by atoms with E-state index in [9.17, 15) is 4.79 Å². The van der Waals surface area contributed by atoms with Crippen molar-refractivity contribution in [1.29, 1.82) is 0 Å². The summed E-state index contributed by atoms with van der Waals surface area (Å²) < 4.78 is 6.02. The number of ether oxygens (including phenoxy) is 1. The summed E-state index contributed by atoms with van der Waals surface area (Å²) in [6.45, 7) is 0.470. The van der Waals surface area contributed by atoms with Crippen LogP contribution in [0.3, 0.4) is 0 Å². The molecular weight excluding hydrogens is 444 g/mol. The molecule has 2 N–H and O–H groups in total. The molecule has 1 amide bonds. The lowest BCUT2D eigenvalue weighted by atomic mass is 10.1. The van der Waals surface area contributed by atoms with Crippen LogP contribution in [0.15, 0.2) is 101 Å². The van der Waals surface area contributed by atoms with Crippen LogP contribution < -0.4 is 10.2 Å². The number of rotatable bonds is 8. The van der Waals surface area contributed by atoms with Gasteiger partial charge in [-0.15, -0.1) is 0 Å². The van der Waals surface area contributed by atoms with Crippen LogP contribution in [0.2, 0.25) is 0 Å². The maximum Gasteiger partial charge on any atom is 0.250 e. The number of hydrazone groups is 1. The summed E-state index contributed by atoms with van der Waals surface area (Å²) in [6, 6.07) is 29.9. The maximum atomic E-state index is 12.1. The number of carbonyl (C=O) groups excluding carboxylic acids is 1. The van der Waals surface area contributed by atoms with E-state index in [0.717, 1.165) is 27.9 Å². The lowest BCUT2D eigenvalue weighted by Gasteiger charge is -2.09. The third kappa shape index (κ3) is 5.27. The van der Waals surface area contributed by atoms with E-state index in [0.29, 0.717) is 11.8 Å². The molecule has 5 aromatic rings. The summed E-state index contributed by atoms with van der Waals surface area (Å²) in [5, 5.41) is 7.16. The van der Waals surface area contributed by atoms with E-state index >= 15 is 0 Å². The van der Waals surface area contributed by atoms with E-state index < -0.39 is 0 Å². The first kappa shape index (κ1) is 21.7. The number of aromatic nitrogens is 2. The van der Waals surface area contributed by atoms with Gasteiger partial charge in [-0.25, -0.2) is 10.4 Å². The van der Waals surface area contributed by atoms with Crippen molar-refractivity contribution in [3.05, 3.63) is 102 Å². The molecule has 1 aromatic heterocycles. The van der Waals surface area contributed by atoms with Crippen molar-refractivity contribution in [2.24, 2.45) is 5.10 Å². The molecular formula is C27H22N4O2S. The number of amides is 1. The molecule has 0 aliphatic carbocycles. The van der Waals surface area contributed by atoms with Crippen LogP contribution in [0.1, 0.15) is 11.1 Å². The molecule has 0 fully saturated rings. The number of fused-ring (bicyclic) bond motifs is 2. The van der Waals surface area contributed by atoms with Gasteiger partial charge in [0.1, 0.15) is 12.4 Å². The van der Waals surface area contributed by atoms with Gasteiger partial charge in [-0.05, 0) is 46.2 Å². The zero-order valence-corrected chi connectivity index (χ0v) is 19.1. The normalized spacial score (nSPS) is 11.3. The van der Waals surface area contributed by atoms with Crippen molar-refractivity contribution in [2.45, 2.75) is 11.8 Å². The average Bonchev–Trinajstić information content (AvgIpc) is 3.30. The number of H-pyrrole nitrogens is 1. The van der Waals surface area contributed by atoms with Gasteiger partial charge >= 0.3 is 0 Å². The molecule has 1 heterocycles. The van der Waals surface area contributed by atoms with Crippen LogP contribution in [0, 0.1) is 0 Å².